The molecule has 11 heavy (non-hydrogen) atoms. The molecule has 0 radical (unpaired) electrons. The molecule has 2 atom stereocenters. The second-order valence-corrected chi connectivity index (χ2v) is 3.87. The minimum Gasteiger partial charge on any atom is -0.389 e. The first-order valence-electron chi connectivity index (χ1n) is 4.61. The quantitative estimate of drug-likeness (QED) is 0.573. The molecule has 2 aliphatic rings. The third kappa shape index (κ3) is 1.30. The molecule has 2 fully saturated rings. The molecule has 2 nitrogen and oxygen atoms in total. The summed E-state index contributed by atoms with van der Waals surface area (Å²) in [6.45, 7) is 1.55. The molecule has 1 N–H and O–H groups in total. The average Bonchev–Trinajstić information content (AvgIpc) is 2.03. The summed E-state index contributed by atoms with van der Waals surface area (Å²) in [7, 11) is 0. The number of fused-ring (bicyclic) bond motifs is 1. The molecular weight excluding hydrogens is 140 g/mol. The molecule has 2 rings (SSSR count). The van der Waals surface area contributed by atoms with Gasteiger partial charge in [0.05, 0.1) is 12.2 Å². The lowest BCUT2D eigenvalue weighted by atomic mass is 9.73. The first-order valence-corrected chi connectivity index (χ1v) is 4.61. The summed E-state index contributed by atoms with van der Waals surface area (Å²) in [5, 5.41) is 10.1. The van der Waals surface area contributed by atoms with E-state index in [2.05, 4.69) is 0 Å². The van der Waals surface area contributed by atoms with Crippen LogP contribution in [-0.4, -0.2) is 23.9 Å². The molecule has 0 aromatic heterocycles. The number of hydrogen-bond donors (Lipinski definition) is 1. The van der Waals surface area contributed by atoms with Crippen LogP contribution in [0.1, 0.15) is 32.1 Å². The number of rotatable bonds is 0. The Kier molecular flexibility index (Phi) is 1.90. The van der Waals surface area contributed by atoms with Crippen molar-refractivity contribution in [1.82, 2.24) is 0 Å². The van der Waals surface area contributed by atoms with Crippen LogP contribution < -0.4 is 0 Å². The normalized spacial score (nSPS) is 45.0. The van der Waals surface area contributed by atoms with Gasteiger partial charge in [0.25, 0.3) is 0 Å². The van der Waals surface area contributed by atoms with Crippen molar-refractivity contribution in [3.63, 3.8) is 0 Å². The molecule has 1 saturated carbocycles. The van der Waals surface area contributed by atoms with Gasteiger partial charge in [0, 0.05) is 12.5 Å². The van der Waals surface area contributed by atoms with Crippen molar-refractivity contribution < 1.29 is 9.84 Å². The van der Waals surface area contributed by atoms with E-state index in [4.69, 9.17) is 4.74 Å². The second-order valence-electron chi connectivity index (χ2n) is 3.87. The highest BCUT2D eigenvalue weighted by molar-refractivity contribution is 4.91. The van der Waals surface area contributed by atoms with Crippen molar-refractivity contribution in [2.45, 2.75) is 37.7 Å². The fourth-order valence-electron chi connectivity index (χ4n) is 2.34. The molecule has 0 bridgehead atoms. The molecule has 1 heterocycles. The maximum Gasteiger partial charge on any atom is 0.0719 e. The Bertz CT molecular complexity index is 132. The lowest BCUT2D eigenvalue weighted by molar-refractivity contribution is -0.131. The van der Waals surface area contributed by atoms with Crippen LogP contribution in [0.2, 0.25) is 0 Å². The molecule has 0 spiro atoms. The number of hydrogen-bond acceptors (Lipinski definition) is 2. The molecular formula is C9H16O2. The van der Waals surface area contributed by atoms with Crippen LogP contribution in [0.3, 0.4) is 0 Å². The molecule has 1 aliphatic heterocycles. The van der Waals surface area contributed by atoms with Gasteiger partial charge in [0.15, 0.2) is 0 Å². The van der Waals surface area contributed by atoms with E-state index in [1.54, 1.807) is 0 Å². The fraction of sp³-hybridized carbons (Fsp3) is 1.00. The SMILES string of the molecule is O[C@]12CCCC[C@H]1COCC2. The van der Waals surface area contributed by atoms with Gasteiger partial charge in [-0.1, -0.05) is 12.8 Å². The van der Waals surface area contributed by atoms with Gasteiger partial charge >= 0.3 is 0 Å². The largest absolute Gasteiger partial charge is 0.389 e. The van der Waals surface area contributed by atoms with E-state index < -0.39 is 0 Å². The smallest absolute Gasteiger partial charge is 0.0719 e. The standard InChI is InChI=1S/C9H16O2/c10-9-4-2-1-3-8(9)7-11-6-5-9/h8,10H,1-7H2/t8-,9-/m0/s1. The molecule has 0 amide bonds. The maximum absolute atomic E-state index is 10.1. The third-order valence-corrected chi connectivity index (χ3v) is 3.17. The van der Waals surface area contributed by atoms with E-state index in [-0.39, 0.29) is 5.60 Å². The lowest BCUT2D eigenvalue weighted by Gasteiger charge is -2.43. The molecule has 2 heteroatoms. The predicted molar refractivity (Wildman–Crippen MR) is 42.3 cm³/mol. The zero-order chi connectivity index (χ0) is 7.73. The van der Waals surface area contributed by atoms with Crippen molar-refractivity contribution in [1.29, 1.82) is 0 Å². The fourth-order valence-corrected chi connectivity index (χ4v) is 2.34. The number of aliphatic hydroxyl groups is 1. The predicted octanol–water partition coefficient (Wildman–Crippen LogP) is 1.33. The van der Waals surface area contributed by atoms with Gasteiger partial charge in [-0.2, -0.15) is 0 Å². The lowest BCUT2D eigenvalue weighted by Crippen LogP contribution is -2.47. The third-order valence-electron chi connectivity index (χ3n) is 3.17. The highest BCUT2D eigenvalue weighted by Gasteiger charge is 2.40. The minimum absolute atomic E-state index is 0.351. The Morgan fingerprint density at radius 3 is 3.00 bits per heavy atom. The Labute approximate surface area is 67.6 Å². The van der Waals surface area contributed by atoms with Gasteiger partial charge in [-0.3, -0.25) is 0 Å². The molecule has 1 aliphatic carbocycles. The highest BCUT2D eigenvalue weighted by Crippen LogP contribution is 2.38. The van der Waals surface area contributed by atoms with E-state index >= 15 is 0 Å². The van der Waals surface area contributed by atoms with Crippen LogP contribution in [0.25, 0.3) is 0 Å². The summed E-state index contributed by atoms with van der Waals surface area (Å²) in [6, 6.07) is 0. The summed E-state index contributed by atoms with van der Waals surface area (Å²) in [5.41, 5.74) is -0.351. The Balaban J connectivity index is 2.06. The van der Waals surface area contributed by atoms with Crippen LogP contribution in [0, 0.1) is 5.92 Å². The van der Waals surface area contributed by atoms with Gasteiger partial charge < -0.3 is 9.84 Å². The topological polar surface area (TPSA) is 29.5 Å². The molecule has 0 aromatic carbocycles. The van der Waals surface area contributed by atoms with E-state index in [0.29, 0.717) is 5.92 Å². The zero-order valence-electron chi connectivity index (χ0n) is 6.88. The van der Waals surface area contributed by atoms with Crippen molar-refractivity contribution in [2.75, 3.05) is 13.2 Å². The van der Waals surface area contributed by atoms with Gasteiger partial charge in [-0.25, -0.2) is 0 Å². The molecule has 64 valence electrons. The van der Waals surface area contributed by atoms with Gasteiger partial charge in [0.1, 0.15) is 0 Å². The van der Waals surface area contributed by atoms with Crippen LogP contribution in [0.4, 0.5) is 0 Å². The van der Waals surface area contributed by atoms with Crippen molar-refractivity contribution >= 4 is 0 Å². The van der Waals surface area contributed by atoms with E-state index in [1.807, 2.05) is 0 Å². The van der Waals surface area contributed by atoms with Gasteiger partial charge in [-0.05, 0) is 19.3 Å². The van der Waals surface area contributed by atoms with Crippen LogP contribution in [0.15, 0.2) is 0 Å². The average molecular weight is 156 g/mol. The molecule has 1 saturated heterocycles. The number of ether oxygens (including phenoxy) is 1. The van der Waals surface area contributed by atoms with Crippen molar-refractivity contribution in [3.05, 3.63) is 0 Å². The second kappa shape index (κ2) is 2.76. The summed E-state index contributed by atoms with van der Waals surface area (Å²) < 4.78 is 5.34. The molecule has 0 unspecified atom stereocenters. The summed E-state index contributed by atoms with van der Waals surface area (Å²) >= 11 is 0. The van der Waals surface area contributed by atoms with Gasteiger partial charge in [0.2, 0.25) is 0 Å². The molecule has 0 aromatic rings. The first-order chi connectivity index (χ1) is 5.31. The summed E-state index contributed by atoms with van der Waals surface area (Å²) in [5.74, 6) is 0.435. The monoisotopic (exact) mass is 156 g/mol. The Hall–Kier alpha value is -0.0800. The Morgan fingerprint density at radius 1 is 1.27 bits per heavy atom. The van der Waals surface area contributed by atoms with Crippen molar-refractivity contribution in [2.24, 2.45) is 5.92 Å². The Morgan fingerprint density at radius 2 is 2.18 bits per heavy atom. The van der Waals surface area contributed by atoms with Crippen molar-refractivity contribution in [3.8, 4) is 0 Å². The van der Waals surface area contributed by atoms with Gasteiger partial charge in [-0.15, -0.1) is 0 Å². The van der Waals surface area contributed by atoms with Crippen LogP contribution >= 0.6 is 0 Å². The first kappa shape index (κ1) is 7.56. The van der Waals surface area contributed by atoms with E-state index in [1.165, 1.54) is 12.8 Å². The van der Waals surface area contributed by atoms with E-state index in [9.17, 15) is 5.11 Å². The summed E-state index contributed by atoms with van der Waals surface area (Å²) in [6.07, 6.45) is 5.50. The van der Waals surface area contributed by atoms with E-state index in [0.717, 1.165) is 32.5 Å². The summed E-state index contributed by atoms with van der Waals surface area (Å²) in [4.78, 5) is 0. The minimum atomic E-state index is -0.351. The van der Waals surface area contributed by atoms with Crippen LogP contribution in [0.5, 0.6) is 0 Å². The zero-order valence-corrected chi connectivity index (χ0v) is 6.88. The van der Waals surface area contributed by atoms with Crippen LogP contribution in [-0.2, 0) is 4.74 Å². The highest BCUT2D eigenvalue weighted by atomic mass is 16.5. The maximum atomic E-state index is 10.1.